The van der Waals surface area contributed by atoms with Crippen LogP contribution in [0.25, 0.3) is 0 Å². The summed E-state index contributed by atoms with van der Waals surface area (Å²) in [6.07, 6.45) is 0. The molecule has 0 saturated heterocycles. The Morgan fingerprint density at radius 2 is 1.65 bits per heavy atom. The molecule has 0 aliphatic heterocycles. The van der Waals surface area contributed by atoms with Crippen molar-refractivity contribution in [2.45, 2.75) is 13.8 Å². The van der Waals surface area contributed by atoms with Crippen LogP contribution in [0.5, 0.6) is 17.2 Å². The van der Waals surface area contributed by atoms with Crippen LogP contribution in [0.3, 0.4) is 0 Å². The third kappa shape index (κ3) is 4.32. The largest absolute Gasteiger partial charge is 0.493 e. The fraction of sp³-hybridized carbons (Fsp3) is 0.222. The highest BCUT2D eigenvalue weighted by molar-refractivity contribution is 6.41. The van der Waals surface area contributed by atoms with E-state index in [1.807, 2.05) is 18.2 Å². The third-order valence-electron chi connectivity index (χ3n) is 2.94. The van der Waals surface area contributed by atoms with E-state index >= 15 is 0 Å². The lowest BCUT2D eigenvalue weighted by molar-refractivity contribution is -0.137. The van der Waals surface area contributed by atoms with E-state index in [-0.39, 0.29) is 12.2 Å². The van der Waals surface area contributed by atoms with E-state index in [0.29, 0.717) is 23.9 Å². The van der Waals surface area contributed by atoms with E-state index in [2.05, 4.69) is 0 Å². The van der Waals surface area contributed by atoms with Gasteiger partial charge < -0.3 is 14.2 Å². The number of benzene rings is 2. The molecule has 2 aromatic carbocycles. The smallest absolute Gasteiger partial charge is 0.379 e. The Kier molecular flexibility index (Phi) is 5.74. The molecule has 0 N–H and O–H groups in total. The zero-order valence-corrected chi connectivity index (χ0v) is 13.1. The van der Waals surface area contributed by atoms with Crippen molar-refractivity contribution >= 4 is 11.8 Å². The van der Waals surface area contributed by atoms with Gasteiger partial charge in [0.15, 0.2) is 0 Å². The van der Waals surface area contributed by atoms with E-state index in [1.165, 1.54) is 6.07 Å². The van der Waals surface area contributed by atoms with Gasteiger partial charge in [-0.1, -0.05) is 18.2 Å². The average Bonchev–Trinajstić information content (AvgIpc) is 2.57. The van der Waals surface area contributed by atoms with Crippen molar-refractivity contribution in [2.75, 3.05) is 13.2 Å². The van der Waals surface area contributed by atoms with Gasteiger partial charge in [0.2, 0.25) is 0 Å². The van der Waals surface area contributed by atoms with Gasteiger partial charge in [0.25, 0.3) is 5.78 Å². The summed E-state index contributed by atoms with van der Waals surface area (Å²) in [6, 6.07) is 13.9. The number of carbonyl (C=O) groups is 2. The van der Waals surface area contributed by atoms with Gasteiger partial charge in [-0.3, -0.25) is 4.79 Å². The standard InChI is InChI=1S/C18H18O5/c1-3-21-16-11-10-14(23-13-8-6-5-7-9-13)12-15(16)17(19)18(20)22-4-2/h5-12H,3-4H2,1-2H3. The van der Waals surface area contributed by atoms with Crippen molar-refractivity contribution in [2.24, 2.45) is 0 Å². The Morgan fingerprint density at radius 1 is 0.913 bits per heavy atom. The van der Waals surface area contributed by atoms with E-state index in [0.717, 1.165) is 0 Å². The Morgan fingerprint density at radius 3 is 2.30 bits per heavy atom. The minimum Gasteiger partial charge on any atom is -0.493 e. The molecule has 0 amide bonds. The number of para-hydroxylation sites is 1. The average molecular weight is 314 g/mol. The third-order valence-corrected chi connectivity index (χ3v) is 2.94. The van der Waals surface area contributed by atoms with Crippen LogP contribution in [0.15, 0.2) is 48.5 Å². The van der Waals surface area contributed by atoms with E-state index in [1.54, 1.807) is 38.1 Å². The topological polar surface area (TPSA) is 61.8 Å². The maximum absolute atomic E-state index is 12.2. The highest BCUT2D eigenvalue weighted by atomic mass is 16.5. The molecular formula is C18H18O5. The lowest BCUT2D eigenvalue weighted by Gasteiger charge is -2.12. The summed E-state index contributed by atoms with van der Waals surface area (Å²) < 4.78 is 15.9. The minimum atomic E-state index is -0.912. The maximum atomic E-state index is 12.2. The predicted octanol–water partition coefficient (Wildman–Crippen LogP) is 3.62. The first kappa shape index (κ1) is 16.5. The number of Topliss-reactive ketones (excluding diaryl/α,β-unsaturated/α-hetero) is 1. The highest BCUT2D eigenvalue weighted by Crippen LogP contribution is 2.28. The number of ether oxygens (including phenoxy) is 3. The fourth-order valence-electron chi connectivity index (χ4n) is 1.96. The molecule has 0 aromatic heterocycles. The molecule has 0 unspecified atom stereocenters. The molecule has 0 aliphatic carbocycles. The summed E-state index contributed by atoms with van der Waals surface area (Å²) in [5.74, 6) is -0.274. The number of hydrogen-bond acceptors (Lipinski definition) is 5. The van der Waals surface area contributed by atoms with Crippen LogP contribution < -0.4 is 9.47 Å². The summed E-state index contributed by atoms with van der Waals surface area (Å²) in [6.45, 7) is 3.95. The van der Waals surface area contributed by atoms with Crippen molar-refractivity contribution in [3.63, 3.8) is 0 Å². The molecule has 0 bridgehead atoms. The van der Waals surface area contributed by atoms with Crippen LogP contribution in [0.2, 0.25) is 0 Å². The maximum Gasteiger partial charge on any atom is 0.379 e. The molecule has 0 heterocycles. The SMILES string of the molecule is CCOC(=O)C(=O)c1cc(Oc2ccccc2)ccc1OCC. The second-order valence-electron chi connectivity index (χ2n) is 4.56. The first-order chi connectivity index (χ1) is 11.2. The number of esters is 1. The lowest BCUT2D eigenvalue weighted by atomic mass is 10.1. The number of rotatable bonds is 7. The molecule has 5 heteroatoms. The summed E-state index contributed by atoms with van der Waals surface area (Å²) in [5, 5.41) is 0. The minimum absolute atomic E-state index is 0.124. The lowest BCUT2D eigenvalue weighted by Crippen LogP contribution is -2.18. The Balaban J connectivity index is 2.31. The zero-order valence-electron chi connectivity index (χ0n) is 13.1. The molecule has 0 atom stereocenters. The van der Waals surface area contributed by atoms with Crippen LogP contribution in [0.1, 0.15) is 24.2 Å². The van der Waals surface area contributed by atoms with Gasteiger partial charge >= 0.3 is 5.97 Å². The van der Waals surface area contributed by atoms with E-state index in [4.69, 9.17) is 14.2 Å². The molecule has 120 valence electrons. The summed E-state index contributed by atoms with van der Waals surface area (Å²) in [7, 11) is 0. The molecule has 0 saturated carbocycles. The number of carbonyl (C=O) groups excluding carboxylic acids is 2. The van der Waals surface area contributed by atoms with Crippen LogP contribution in [-0.4, -0.2) is 25.0 Å². The zero-order chi connectivity index (χ0) is 16.7. The predicted molar refractivity (Wildman–Crippen MR) is 85.1 cm³/mol. The second kappa shape index (κ2) is 7.98. The molecule has 23 heavy (non-hydrogen) atoms. The van der Waals surface area contributed by atoms with E-state index < -0.39 is 11.8 Å². The van der Waals surface area contributed by atoms with Crippen molar-refractivity contribution in [3.05, 3.63) is 54.1 Å². The Bertz CT molecular complexity index is 679. The molecule has 5 nitrogen and oxygen atoms in total. The van der Waals surface area contributed by atoms with Crippen molar-refractivity contribution in [1.29, 1.82) is 0 Å². The summed E-state index contributed by atoms with van der Waals surface area (Å²) in [4.78, 5) is 23.9. The Hall–Kier alpha value is -2.82. The van der Waals surface area contributed by atoms with Crippen molar-refractivity contribution < 1.29 is 23.8 Å². The van der Waals surface area contributed by atoms with E-state index in [9.17, 15) is 9.59 Å². The van der Waals surface area contributed by atoms with Crippen molar-refractivity contribution in [3.8, 4) is 17.2 Å². The molecule has 2 aromatic rings. The van der Waals surface area contributed by atoms with Crippen LogP contribution in [0, 0.1) is 0 Å². The van der Waals surface area contributed by atoms with Gasteiger partial charge in [-0.15, -0.1) is 0 Å². The highest BCUT2D eigenvalue weighted by Gasteiger charge is 2.22. The Labute approximate surface area is 134 Å². The van der Waals surface area contributed by atoms with Gasteiger partial charge in [0.05, 0.1) is 18.8 Å². The molecule has 0 fully saturated rings. The van der Waals surface area contributed by atoms with Crippen LogP contribution in [0.4, 0.5) is 0 Å². The number of hydrogen-bond donors (Lipinski definition) is 0. The quantitative estimate of drug-likeness (QED) is 0.444. The molecule has 0 radical (unpaired) electrons. The van der Waals surface area contributed by atoms with Crippen LogP contribution in [-0.2, 0) is 9.53 Å². The van der Waals surface area contributed by atoms with Gasteiger partial charge in [-0.05, 0) is 44.2 Å². The molecule has 0 aliphatic rings. The van der Waals surface area contributed by atoms with Crippen molar-refractivity contribution in [1.82, 2.24) is 0 Å². The molecular weight excluding hydrogens is 296 g/mol. The van der Waals surface area contributed by atoms with Gasteiger partial charge in [-0.25, -0.2) is 4.79 Å². The molecule has 2 rings (SSSR count). The van der Waals surface area contributed by atoms with Gasteiger partial charge in [-0.2, -0.15) is 0 Å². The summed E-state index contributed by atoms with van der Waals surface area (Å²) >= 11 is 0. The monoisotopic (exact) mass is 314 g/mol. The number of ketones is 1. The van der Waals surface area contributed by atoms with Gasteiger partial charge in [0.1, 0.15) is 17.2 Å². The molecule has 0 spiro atoms. The fourth-order valence-corrected chi connectivity index (χ4v) is 1.96. The first-order valence-electron chi connectivity index (χ1n) is 7.37. The first-order valence-corrected chi connectivity index (χ1v) is 7.37. The second-order valence-corrected chi connectivity index (χ2v) is 4.56. The van der Waals surface area contributed by atoms with Crippen LogP contribution >= 0.6 is 0 Å². The summed E-state index contributed by atoms with van der Waals surface area (Å²) in [5.41, 5.74) is 0.124. The normalized spacial score (nSPS) is 10.0. The van der Waals surface area contributed by atoms with Gasteiger partial charge in [0, 0.05) is 0 Å².